The number of carbonyl (C=O) groups is 1. The van der Waals surface area contributed by atoms with Crippen molar-refractivity contribution in [3.05, 3.63) is 18.5 Å². The van der Waals surface area contributed by atoms with Crippen molar-refractivity contribution in [1.29, 1.82) is 0 Å². The van der Waals surface area contributed by atoms with Crippen LogP contribution in [0, 0.1) is 0 Å². The Morgan fingerprint density at radius 1 is 1.58 bits per heavy atom. The van der Waals surface area contributed by atoms with E-state index in [0.29, 0.717) is 11.4 Å². The molecule has 19 heavy (non-hydrogen) atoms. The molecule has 7 heteroatoms. The molecule has 1 unspecified atom stereocenters. The first-order valence-electron chi connectivity index (χ1n) is 5.84. The zero-order valence-corrected chi connectivity index (χ0v) is 10.3. The normalized spacial score (nSPS) is 18.7. The Labute approximate surface area is 108 Å². The van der Waals surface area contributed by atoms with Crippen LogP contribution in [0.5, 0.6) is 5.75 Å². The van der Waals surface area contributed by atoms with E-state index in [2.05, 4.69) is 4.98 Å². The average molecular weight is 274 g/mol. The van der Waals surface area contributed by atoms with Crippen molar-refractivity contribution in [2.45, 2.75) is 32.0 Å². The highest BCUT2D eigenvalue weighted by atomic mass is 19.4. The molecule has 1 amide bonds. The minimum Gasteiger partial charge on any atom is -0.487 e. The molecule has 2 rings (SSSR count). The van der Waals surface area contributed by atoms with E-state index in [4.69, 9.17) is 4.74 Å². The summed E-state index contributed by atoms with van der Waals surface area (Å²) in [5.74, 6) is -0.101. The second-order valence-electron chi connectivity index (χ2n) is 4.39. The Morgan fingerprint density at radius 3 is 3.00 bits per heavy atom. The van der Waals surface area contributed by atoms with E-state index >= 15 is 0 Å². The van der Waals surface area contributed by atoms with Gasteiger partial charge in [-0.15, -0.1) is 0 Å². The van der Waals surface area contributed by atoms with E-state index in [-0.39, 0.29) is 12.6 Å². The topological polar surface area (TPSA) is 42.4 Å². The van der Waals surface area contributed by atoms with Crippen molar-refractivity contribution < 1.29 is 22.7 Å². The van der Waals surface area contributed by atoms with Crippen LogP contribution in [0.2, 0.25) is 0 Å². The molecule has 1 aromatic heterocycles. The molecule has 0 fully saturated rings. The number of carbonyl (C=O) groups excluding carboxylic acids is 1. The first-order valence-corrected chi connectivity index (χ1v) is 5.84. The van der Waals surface area contributed by atoms with Crippen LogP contribution in [0.4, 0.5) is 18.9 Å². The van der Waals surface area contributed by atoms with Gasteiger partial charge >= 0.3 is 6.18 Å². The van der Waals surface area contributed by atoms with Crippen LogP contribution in [-0.2, 0) is 4.79 Å². The van der Waals surface area contributed by atoms with Gasteiger partial charge in [0, 0.05) is 18.7 Å². The van der Waals surface area contributed by atoms with Crippen molar-refractivity contribution >= 4 is 11.6 Å². The Morgan fingerprint density at radius 2 is 2.32 bits per heavy atom. The van der Waals surface area contributed by atoms with Gasteiger partial charge in [0.1, 0.15) is 17.5 Å². The third-order valence-electron chi connectivity index (χ3n) is 2.74. The molecule has 1 aliphatic rings. The van der Waals surface area contributed by atoms with Crippen molar-refractivity contribution in [2.24, 2.45) is 0 Å². The SMILES string of the molecule is CC1CN(C(=O)CCC(F)(F)F)c2cnccc2O1. The minimum atomic E-state index is -4.33. The molecule has 0 saturated carbocycles. The highest BCUT2D eigenvalue weighted by Crippen LogP contribution is 2.33. The number of hydrogen-bond donors (Lipinski definition) is 0. The standard InChI is InChI=1S/C12H13F3N2O2/c1-8-7-17(11(18)2-4-12(13,14)15)9-6-16-5-3-10(9)19-8/h3,5-6,8H,2,4,7H2,1H3. The predicted octanol–water partition coefficient (Wildman–Crippen LogP) is 2.54. The fourth-order valence-corrected chi connectivity index (χ4v) is 1.90. The fourth-order valence-electron chi connectivity index (χ4n) is 1.90. The molecule has 1 aliphatic heterocycles. The third kappa shape index (κ3) is 3.36. The van der Waals surface area contributed by atoms with Crippen LogP contribution in [0.3, 0.4) is 0 Å². The van der Waals surface area contributed by atoms with E-state index in [1.807, 2.05) is 0 Å². The van der Waals surface area contributed by atoms with Crippen LogP contribution in [0.25, 0.3) is 0 Å². The summed E-state index contributed by atoms with van der Waals surface area (Å²) in [6, 6.07) is 1.59. The zero-order valence-electron chi connectivity index (χ0n) is 10.3. The van der Waals surface area contributed by atoms with Crippen molar-refractivity contribution in [3.63, 3.8) is 0 Å². The van der Waals surface area contributed by atoms with Gasteiger partial charge < -0.3 is 9.64 Å². The lowest BCUT2D eigenvalue weighted by molar-refractivity contribution is -0.143. The number of fused-ring (bicyclic) bond motifs is 1. The third-order valence-corrected chi connectivity index (χ3v) is 2.74. The summed E-state index contributed by atoms with van der Waals surface area (Å²) in [5.41, 5.74) is 0.424. The second kappa shape index (κ2) is 5.07. The van der Waals surface area contributed by atoms with E-state index in [0.717, 1.165) is 0 Å². The number of alkyl halides is 3. The Kier molecular flexibility index (Phi) is 3.64. The maximum atomic E-state index is 12.1. The van der Waals surface area contributed by atoms with Gasteiger partial charge in [0.2, 0.25) is 5.91 Å². The number of rotatable bonds is 2. The molecule has 0 N–H and O–H groups in total. The predicted molar refractivity (Wildman–Crippen MR) is 62.0 cm³/mol. The molecule has 0 saturated heterocycles. The molecule has 0 aromatic carbocycles. The molecule has 1 atom stereocenters. The van der Waals surface area contributed by atoms with Crippen LogP contribution in [0.15, 0.2) is 18.5 Å². The molecule has 0 radical (unpaired) electrons. The number of pyridine rings is 1. The average Bonchev–Trinajstić information content (AvgIpc) is 2.34. The Balaban J connectivity index is 2.14. The zero-order chi connectivity index (χ0) is 14.0. The summed E-state index contributed by atoms with van der Waals surface area (Å²) in [7, 11) is 0. The molecule has 4 nitrogen and oxygen atoms in total. The number of anilines is 1. The maximum absolute atomic E-state index is 12.1. The number of ether oxygens (including phenoxy) is 1. The Bertz CT molecular complexity index is 476. The molecule has 1 aromatic rings. The van der Waals surface area contributed by atoms with Gasteiger partial charge in [-0.2, -0.15) is 13.2 Å². The number of aromatic nitrogens is 1. The second-order valence-corrected chi connectivity index (χ2v) is 4.39. The van der Waals surface area contributed by atoms with E-state index < -0.39 is 24.9 Å². The van der Waals surface area contributed by atoms with E-state index in [1.54, 1.807) is 13.0 Å². The number of amides is 1. The van der Waals surface area contributed by atoms with Crippen molar-refractivity contribution in [1.82, 2.24) is 4.98 Å². The first-order chi connectivity index (χ1) is 8.87. The van der Waals surface area contributed by atoms with Gasteiger partial charge in [-0.1, -0.05) is 0 Å². The molecule has 104 valence electrons. The molecule has 0 bridgehead atoms. The van der Waals surface area contributed by atoms with Crippen LogP contribution < -0.4 is 9.64 Å². The monoisotopic (exact) mass is 274 g/mol. The van der Waals surface area contributed by atoms with Crippen molar-refractivity contribution in [3.8, 4) is 5.75 Å². The summed E-state index contributed by atoms with van der Waals surface area (Å²) < 4.78 is 41.9. The number of hydrogen-bond acceptors (Lipinski definition) is 3. The highest BCUT2D eigenvalue weighted by Gasteiger charge is 2.32. The minimum absolute atomic E-state index is 0.232. The van der Waals surface area contributed by atoms with Gasteiger partial charge in [-0.3, -0.25) is 9.78 Å². The number of halogens is 3. The largest absolute Gasteiger partial charge is 0.487 e. The lowest BCUT2D eigenvalue weighted by Gasteiger charge is -2.33. The summed E-state index contributed by atoms with van der Waals surface area (Å²) in [4.78, 5) is 17.1. The smallest absolute Gasteiger partial charge is 0.389 e. The molecular formula is C12H13F3N2O2. The van der Waals surface area contributed by atoms with Gasteiger partial charge in [0.05, 0.1) is 19.2 Å². The lowest BCUT2D eigenvalue weighted by atomic mass is 10.2. The summed E-state index contributed by atoms with van der Waals surface area (Å²) in [6.07, 6.45) is -3.34. The Hall–Kier alpha value is -1.79. The molecule has 2 heterocycles. The lowest BCUT2D eigenvalue weighted by Crippen LogP contribution is -2.42. The highest BCUT2D eigenvalue weighted by molar-refractivity contribution is 5.95. The maximum Gasteiger partial charge on any atom is 0.389 e. The summed E-state index contributed by atoms with van der Waals surface area (Å²) in [5, 5.41) is 0. The molecule has 0 aliphatic carbocycles. The van der Waals surface area contributed by atoms with Crippen LogP contribution in [0.1, 0.15) is 19.8 Å². The van der Waals surface area contributed by atoms with E-state index in [9.17, 15) is 18.0 Å². The summed E-state index contributed by atoms with van der Waals surface area (Å²) in [6.45, 7) is 1.99. The summed E-state index contributed by atoms with van der Waals surface area (Å²) >= 11 is 0. The molecular weight excluding hydrogens is 261 g/mol. The van der Waals surface area contributed by atoms with Crippen LogP contribution in [-0.4, -0.2) is 29.7 Å². The van der Waals surface area contributed by atoms with Gasteiger partial charge in [-0.05, 0) is 6.92 Å². The fraction of sp³-hybridized carbons (Fsp3) is 0.500. The van der Waals surface area contributed by atoms with Crippen LogP contribution >= 0.6 is 0 Å². The van der Waals surface area contributed by atoms with Gasteiger partial charge in [0.15, 0.2) is 0 Å². The van der Waals surface area contributed by atoms with Crippen molar-refractivity contribution in [2.75, 3.05) is 11.4 Å². The molecule has 0 spiro atoms. The van der Waals surface area contributed by atoms with E-state index in [1.165, 1.54) is 17.3 Å². The van der Waals surface area contributed by atoms with Gasteiger partial charge in [0.25, 0.3) is 0 Å². The quantitative estimate of drug-likeness (QED) is 0.832. The number of nitrogens with zero attached hydrogens (tertiary/aromatic N) is 2. The first kappa shape index (κ1) is 13.6. The van der Waals surface area contributed by atoms with Gasteiger partial charge in [-0.25, -0.2) is 0 Å².